The van der Waals surface area contributed by atoms with Crippen molar-refractivity contribution in [2.75, 3.05) is 0 Å². The summed E-state index contributed by atoms with van der Waals surface area (Å²) in [5, 5.41) is 14.7. The quantitative estimate of drug-likeness (QED) is 0.450. The maximum absolute atomic E-state index is 11.2. The smallest absolute Gasteiger partial charge is 0.343 e. The van der Waals surface area contributed by atoms with E-state index in [1.807, 2.05) is 6.07 Å². The van der Waals surface area contributed by atoms with Crippen LogP contribution in [-0.2, 0) is 12.8 Å². The molecule has 19 heavy (non-hydrogen) atoms. The maximum atomic E-state index is 11.2. The molecular formula is C11H12ClN5OS. The van der Waals surface area contributed by atoms with Crippen molar-refractivity contribution in [2.24, 2.45) is 12.8 Å². The zero-order chi connectivity index (χ0) is 14.0. The molecular weight excluding hydrogens is 286 g/mol. The van der Waals surface area contributed by atoms with Crippen LogP contribution in [0.3, 0.4) is 0 Å². The SMILES string of the molecule is Cn1c(SCc2ccc(C(=N)N)cc2Cl)n[nH]c1=O. The number of aromatic amines is 1. The van der Waals surface area contributed by atoms with Crippen molar-refractivity contribution in [2.45, 2.75) is 10.9 Å². The molecule has 4 N–H and O–H groups in total. The molecule has 8 heteroatoms. The van der Waals surface area contributed by atoms with E-state index in [4.69, 9.17) is 22.7 Å². The van der Waals surface area contributed by atoms with Gasteiger partial charge in [0.15, 0.2) is 5.16 Å². The van der Waals surface area contributed by atoms with Crippen LogP contribution in [0, 0.1) is 5.41 Å². The normalized spacial score (nSPS) is 10.6. The number of halogens is 1. The van der Waals surface area contributed by atoms with Gasteiger partial charge < -0.3 is 5.73 Å². The lowest BCUT2D eigenvalue weighted by atomic mass is 10.1. The number of amidine groups is 1. The highest BCUT2D eigenvalue weighted by molar-refractivity contribution is 7.98. The summed E-state index contributed by atoms with van der Waals surface area (Å²) in [5.74, 6) is 0.561. The van der Waals surface area contributed by atoms with Gasteiger partial charge in [-0.3, -0.25) is 9.98 Å². The lowest BCUT2D eigenvalue weighted by molar-refractivity contribution is 0.766. The zero-order valence-corrected chi connectivity index (χ0v) is 11.7. The first kappa shape index (κ1) is 13.7. The van der Waals surface area contributed by atoms with Crippen LogP contribution in [0.1, 0.15) is 11.1 Å². The van der Waals surface area contributed by atoms with E-state index in [2.05, 4.69) is 10.2 Å². The Kier molecular flexibility index (Phi) is 3.96. The van der Waals surface area contributed by atoms with Crippen LogP contribution in [0.25, 0.3) is 0 Å². The predicted molar refractivity (Wildman–Crippen MR) is 75.9 cm³/mol. The molecule has 0 saturated heterocycles. The van der Waals surface area contributed by atoms with Gasteiger partial charge in [-0.25, -0.2) is 9.89 Å². The highest BCUT2D eigenvalue weighted by Gasteiger charge is 2.08. The molecule has 0 aliphatic carbocycles. The second-order valence-electron chi connectivity index (χ2n) is 3.88. The molecule has 0 atom stereocenters. The van der Waals surface area contributed by atoms with Gasteiger partial charge in [-0.05, 0) is 11.6 Å². The van der Waals surface area contributed by atoms with E-state index >= 15 is 0 Å². The molecule has 0 aliphatic heterocycles. The van der Waals surface area contributed by atoms with Crippen molar-refractivity contribution in [1.29, 1.82) is 5.41 Å². The Balaban J connectivity index is 2.14. The Morgan fingerprint density at radius 3 is 2.89 bits per heavy atom. The molecule has 0 saturated carbocycles. The highest BCUT2D eigenvalue weighted by Crippen LogP contribution is 2.25. The van der Waals surface area contributed by atoms with E-state index in [1.165, 1.54) is 16.3 Å². The van der Waals surface area contributed by atoms with Gasteiger partial charge in [-0.15, -0.1) is 5.10 Å². The molecule has 1 heterocycles. The molecule has 0 amide bonds. The average Bonchev–Trinajstić information content (AvgIpc) is 2.68. The number of nitrogens with zero attached hydrogens (tertiary/aromatic N) is 2. The van der Waals surface area contributed by atoms with Crippen LogP contribution < -0.4 is 11.4 Å². The first-order valence-corrected chi connectivity index (χ1v) is 6.72. The summed E-state index contributed by atoms with van der Waals surface area (Å²) < 4.78 is 1.43. The Bertz CT molecular complexity index is 678. The first-order chi connectivity index (χ1) is 8.99. The van der Waals surface area contributed by atoms with Crippen LogP contribution in [0.5, 0.6) is 0 Å². The number of nitrogens with one attached hydrogen (secondary N) is 2. The van der Waals surface area contributed by atoms with E-state index < -0.39 is 0 Å². The molecule has 2 rings (SSSR count). The minimum atomic E-state index is -0.250. The Labute approximate surface area is 118 Å². The van der Waals surface area contributed by atoms with Gasteiger partial charge in [0.05, 0.1) is 0 Å². The third-order valence-electron chi connectivity index (χ3n) is 2.56. The Hall–Kier alpha value is -1.73. The van der Waals surface area contributed by atoms with E-state index in [1.54, 1.807) is 19.2 Å². The van der Waals surface area contributed by atoms with E-state index in [0.717, 1.165) is 5.56 Å². The number of nitrogen functional groups attached to an aromatic ring is 1. The lowest BCUT2D eigenvalue weighted by Gasteiger charge is -2.05. The van der Waals surface area contributed by atoms with Crippen LogP contribution in [-0.4, -0.2) is 20.6 Å². The van der Waals surface area contributed by atoms with Crippen molar-refractivity contribution in [3.63, 3.8) is 0 Å². The monoisotopic (exact) mass is 297 g/mol. The zero-order valence-electron chi connectivity index (χ0n) is 10.1. The molecule has 0 aliphatic rings. The fraction of sp³-hybridized carbons (Fsp3) is 0.182. The number of hydrogen-bond donors (Lipinski definition) is 3. The third kappa shape index (κ3) is 2.99. The average molecular weight is 298 g/mol. The predicted octanol–water partition coefficient (Wildman–Crippen LogP) is 1.34. The van der Waals surface area contributed by atoms with Crippen molar-refractivity contribution >= 4 is 29.2 Å². The number of H-pyrrole nitrogens is 1. The molecule has 1 aromatic heterocycles. The van der Waals surface area contributed by atoms with Gasteiger partial charge in [-0.1, -0.05) is 35.5 Å². The molecule has 0 unspecified atom stereocenters. The topological polar surface area (TPSA) is 101 Å². The fourth-order valence-corrected chi connectivity index (χ4v) is 2.69. The van der Waals surface area contributed by atoms with Crippen molar-refractivity contribution < 1.29 is 0 Å². The second kappa shape index (κ2) is 5.50. The standard InChI is InChI=1S/C11H12ClN5OS/c1-17-10(18)15-16-11(17)19-5-7-3-2-6(9(13)14)4-8(7)12/h2-4H,5H2,1H3,(H3,13,14)(H,15,18). The van der Waals surface area contributed by atoms with E-state index in [9.17, 15) is 4.79 Å². The fourth-order valence-electron chi connectivity index (χ4n) is 1.44. The third-order valence-corrected chi connectivity index (χ3v) is 3.99. The number of nitrogens with two attached hydrogens (primary N) is 1. The van der Waals surface area contributed by atoms with Crippen molar-refractivity contribution in [3.8, 4) is 0 Å². The molecule has 1 aromatic carbocycles. The van der Waals surface area contributed by atoms with Gasteiger partial charge in [0.1, 0.15) is 5.84 Å². The minimum Gasteiger partial charge on any atom is -0.384 e. The van der Waals surface area contributed by atoms with E-state index in [-0.39, 0.29) is 11.5 Å². The van der Waals surface area contributed by atoms with Crippen LogP contribution >= 0.6 is 23.4 Å². The summed E-state index contributed by atoms with van der Waals surface area (Å²) in [7, 11) is 1.65. The molecule has 0 bridgehead atoms. The van der Waals surface area contributed by atoms with Gasteiger partial charge in [0, 0.05) is 23.4 Å². The minimum absolute atomic E-state index is 0.0178. The summed E-state index contributed by atoms with van der Waals surface area (Å²) in [6.07, 6.45) is 0. The summed E-state index contributed by atoms with van der Waals surface area (Å²) in [4.78, 5) is 11.2. The summed E-state index contributed by atoms with van der Waals surface area (Å²) in [6.45, 7) is 0. The second-order valence-corrected chi connectivity index (χ2v) is 5.23. The largest absolute Gasteiger partial charge is 0.384 e. The van der Waals surface area contributed by atoms with Gasteiger partial charge in [-0.2, -0.15) is 0 Å². The molecule has 0 radical (unpaired) electrons. The van der Waals surface area contributed by atoms with Gasteiger partial charge >= 0.3 is 5.69 Å². The summed E-state index contributed by atoms with van der Waals surface area (Å²) >= 11 is 7.52. The molecule has 0 spiro atoms. The van der Waals surface area contributed by atoms with Crippen molar-refractivity contribution in [1.82, 2.24) is 14.8 Å². The number of thioether (sulfide) groups is 1. The molecule has 6 nitrogen and oxygen atoms in total. The lowest BCUT2D eigenvalue weighted by Crippen LogP contribution is -2.12. The van der Waals surface area contributed by atoms with E-state index in [0.29, 0.717) is 21.5 Å². The van der Waals surface area contributed by atoms with Crippen LogP contribution in [0.2, 0.25) is 5.02 Å². The van der Waals surface area contributed by atoms with Crippen LogP contribution in [0.15, 0.2) is 28.2 Å². The Morgan fingerprint density at radius 2 is 2.37 bits per heavy atom. The summed E-state index contributed by atoms with van der Waals surface area (Å²) in [5.41, 5.74) is 6.62. The number of aromatic nitrogens is 3. The summed E-state index contributed by atoms with van der Waals surface area (Å²) in [6, 6.07) is 5.22. The maximum Gasteiger partial charge on any atom is 0.343 e. The highest BCUT2D eigenvalue weighted by atomic mass is 35.5. The first-order valence-electron chi connectivity index (χ1n) is 5.36. The van der Waals surface area contributed by atoms with Gasteiger partial charge in [0.2, 0.25) is 0 Å². The molecule has 100 valence electrons. The van der Waals surface area contributed by atoms with Gasteiger partial charge in [0.25, 0.3) is 0 Å². The van der Waals surface area contributed by atoms with Crippen molar-refractivity contribution in [3.05, 3.63) is 44.8 Å². The number of benzene rings is 1. The molecule has 0 fully saturated rings. The number of hydrogen-bond acceptors (Lipinski definition) is 4. The van der Waals surface area contributed by atoms with Crippen LogP contribution in [0.4, 0.5) is 0 Å². The Morgan fingerprint density at radius 1 is 1.63 bits per heavy atom. The number of rotatable bonds is 4. The molecule has 2 aromatic rings.